The molecule has 1 atom stereocenters. The third-order valence-corrected chi connectivity index (χ3v) is 5.58. The Bertz CT molecular complexity index is 1330. The average Bonchev–Trinajstić information content (AvgIpc) is 3.36. The van der Waals surface area contributed by atoms with E-state index in [9.17, 15) is 4.79 Å². The molecule has 150 valence electrons. The maximum absolute atomic E-state index is 13.0. The first-order chi connectivity index (χ1) is 14.6. The van der Waals surface area contributed by atoms with E-state index in [4.69, 9.17) is 4.42 Å². The second kappa shape index (κ2) is 7.34. The van der Waals surface area contributed by atoms with Crippen LogP contribution in [0.1, 0.15) is 31.3 Å². The number of furan rings is 1. The molecule has 2 heterocycles. The number of para-hydroxylation sites is 2. The highest BCUT2D eigenvalue weighted by molar-refractivity contribution is 6.08. The van der Waals surface area contributed by atoms with Crippen molar-refractivity contribution in [1.29, 1.82) is 0 Å². The van der Waals surface area contributed by atoms with Crippen molar-refractivity contribution in [2.45, 2.75) is 26.3 Å². The van der Waals surface area contributed by atoms with Gasteiger partial charge in [-0.1, -0.05) is 56.3 Å². The number of imidazole rings is 1. The summed E-state index contributed by atoms with van der Waals surface area (Å²) in [6, 6.07) is 19.9. The lowest BCUT2D eigenvalue weighted by Crippen LogP contribution is -2.33. The number of carbonyl (C=O) groups excluding carboxylic acids is 1. The van der Waals surface area contributed by atoms with E-state index in [1.165, 1.54) is 0 Å². The molecule has 2 N–H and O–H groups in total. The number of carbonyl (C=O) groups is 1. The summed E-state index contributed by atoms with van der Waals surface area (Å²) in [5.41, 5.74) is 3.57. The molecule has 0 aliphatic rings. The number of amides is 1. The van der Waals surface area contributed by atoms with E-state index in [-0.39, 0.29) is 24.3 Å². The van der Waals surface area contributed by atoms with Gasteiger partial charge in [-0.15, -0.1) is 0 Å². The maximum atomic E-state index is 13.0. The Morgan fingerprint density at radius 1 is 1.07 bits per heavy atom. The van der Waals surface area contributed by atoms with Gasteiger partial charge in [0.05, 0.1) is 29.8 Å². The molecule has 0 unspecified atom stereocenters. The number of nitrogens with zero attached hydrogens (tertiary/aromatic N) is 1. The number of H-pyrrole nitrogens is 1. The zero-order valence-corrected chi connectivity index (χ0v) is 17.0. The summed E-state index contributed by atoms with van der Waals surface area (Å²) in [5, 5.41) is 6.41. The van der Waals surface area contributed by atoms with Crippen LogP contribution < -0.4 is 5.32 Å². The molecule has 5 rings (SSSR count). The molecule has 0 aliphatic carbocycles. The molecular formula is C25H23N3O2. The van der Waals surface area contributed by atoms with Crippen molar-refractivity contribution in [3.05, 3.63) is 78.3 Å². The van der Waals surface area contributed by atoms with E-state index in [0.717, 1.165) is 44.2 Å². The fourth-order valence-electron chi connectivity index (χ4n) is 4.07. The van der Waals surface area contributed by atoms with Crippen molar-refractivity contribution >= 4 is 38.7 Å². The molecule has 0 saturated carbocycles. The molecule has 5 heteroatoms. The van der Waals surface area contributed by atoms with Gasteiger partial charge < -0.3 is 14.7 Å². The first kappa shape index (κ1) is 18.4. The Labute approximate surface area is 174 Å². The Hall–Kier alpha value is -3.60. The summed E-state index contributed by atoms with van der Waals surface area (Å²) in [5.74, 6) is 0.920. The van der Waals surface area contributed by atoms with Crippen LogP contribution in [0.25, 0.3) is 32.8 Å². The Morgan fingerprint density at radius 3 is 2.70 bits per heavy atom. The van der Waals surface area contributed by atoms with Crippen molar-refractivity contribution in [2.24, 2.45) is 5.92 Å². The highest BCUT2D eigenvalue weighted by Crippen LogP contribution is 2.30. The zero-order chi connectivity index (χ0) is 20.7. The SMILES string of the molecule is CC(C)[C@H](NC(=O)Cc1coc2ccc3ccccc3c12)c1nc2ccccc2[nH]1. The fraction of sp³-hybridized carbons (Fsp3) is 0.200. The van der Waals surface area contributed by atoms with Crippen LogP contribution in [0.4, 0.5) is 0 Å². The summed E-state index contributed by atoms with van der Waals surface area (Å²) in [7, 11) is 0. The van der Waals surface area contributed by atoms with Crippen molar-refractivity contribution < 1.29 is 9.21 Å². The molecule has 0 fully saturated rings. The molecular weight excluding hydrogens is 374 g/mol. The summed E-state index contributed by atoms with van der Waals surface area (Å²) >= 11 is 0. The van der Waals surface area contributed by atoms with Gasteiger partial charge in [0.2, 0.25) is 5.91 Å². The summed E-state index contributed by atoms with van der Waals surface area (Å²) in [4.78, 5) is 21.0. The van der Waals surface area contributed by atoms with Gasteiger partial charge in [0.15, 0.2) is 0 Å². The smallest absolute Gasteiger partial charge is 0.225 e. The number of hydrogen-bond donors (Lipinski definition) is 2. The average molecular weight is 397 g/mol. The number of aromatic amines is 1. The van der Waals surface area contributed by atoms with Gasteiger partial charge in [-0.25, -0.2) is 4.98 Å². The van der Waals surface area contributed by atoms with Crippen LogP contribution in [0.2, 0.25) is 0 Å². The van der Waals surface area contributed by atoms with E-state index in [1.807, 2.05) is 48.5 Å². The third-order valence-electron chi connectivity index (χ3n) is 5.58. The predicted octanol–water partition coefficient (Wildman–Crippen LogP) is 5.52. The van der Waals surface area contributed by atoms with Crippen LogP contribution in [0, 0.1) is 5.92 Å². The molecule has 2 aromatic heterocycles. The van der Waals surface area contributed by atoms with Gasteiger partial charge in [-0.3, -0.25) is 4.79 Å². The third kappa shape index (κ3) is 3.22. The number of hydrogen-bond acceptors (Lipinski definition) is 3. The molecule has 5 nitrogen and oxygen atoms in total. The Balaban J connectivity index is 1.44. The zero-order valence-electron chi connectivity index (χ0n) is 17.0. The van der Waals surface area contributed by atoms with Crippen LogP contribution in [-0.4, -0.2) is 15.9 Å². The van der Waals surface area contributed by atoms with E-state index in [2.05, 4.69) is 41.3 Å². The highest BCUT2D eigenvalue weighted by Gasteiger charge is 2.23. The highest BCUT2D eigenvalue weighted by atomic mass is 16.3. The molecule has 0 aliphatic heterocycles. The minimum atomic E-state index is -0.195. The minimum absolute atomic E-state index is 0.0511. The van der Waals surface area contributed by atoms with Gasteiger partial charge in [-0.2, -0.15) is 0 Å². The van der Waals surface area contributed by atoms with E-state index >= 15 is 0 Å². The molecule has 0 saturated heterocycles. The summed E-state index contributed by atoms with van der Waals surface area (Å²) in [6.07, 6.45) is 1.95. The van der Waals surface area contributed by atoms with Crippen molar-refractivity contribution in [1.82, 2.24) is 15.3 Å². The maximum Gasteiger partial charge on any atom is 0.225 e. The lowest BCUT2D eigenvalue weighted by Gasteiger charge is -2.20. The quantitative estimate of drug-likeness (QED) is 0.410. The van der Waals surface area contributed by atoms with E-state index in [1.54, 1.807) is 6.26 Å². The second-order valence-electron chi connectivity index (χ2n) is 8.03. The lowest BCUT2D eigenvalue weighted by atomic mass is 10.0. The molecule has 0 spiro atoms. The number of nitrogens with one attached hydrogen (secondary N) is 2. The van der Waals surface area contributed by atoms with Crippen molar-refractivity contribution in [2.75, 3.05) is 0 Å². The topological polar surface area (TPSA) is 70.9 Å². The van der Waals surface area contributed by atoms with Crippen LogP contribution in [0.5, 0.6) is 0 Å². The molecule has 5 aromatic rings. The molecule has 3 aromatic carbocycles. The fourth-order valence-corrected chi connectivity index (χ4v) is 4.07. The molecule has 0 radical (unpaired) electrons. The van der Waals surface area contributed by atoms with Crippen molar-refractivity contribution in [3.8, 4) is 0 Å². The first-order valence-corrected chi connectivity index (χ1v) is 10.2. The van der Waals surface area contributed by atoms with Gasteiger partial charge in [-0.05, 0) is 34.9 Å². The van der Waals surface area contributed by atoms with E-state index in [0.29, 0.717) is 0 Å². The summed E-state index contributed by atoms with van der Waals surface area (Å²) in [6.45, 7) is 4.16. The first-order valence-electron chi connectivity index (χ1n) is 10.2. The predicted molar refractivity (Wildman–Crippen MR) is 119 cm³/mol. The number of benzene rings is 3. The van der Waals surface area contributed by atoms with E-state index < -0.39 is 0 Å². The summed E-state index contributed by atoms with van der Waals surface area (Å²) < 4.78 is 5.74. The van der Waals surface area contributed by atoms with Crippen LogP contribution in [-0.2, 0) is 11.2 Å². The van der Waals surface area contributed by atoms with Gasteiger partial charge in [0.1, 0.15) is 11.4 Å². The largest absolute Gasteiger partial charge is 0.464 e. The van der Waals surface area contributed by atoms with Crippen LogP contribution >= 0.6 is 0 Å². The van der Waals surface area contributed by atoms with Crippen LogP contribution in [0.15, 0.2) is 71.3 Å². The molecule has 0 bridgehead atoms. The number of fused-ring (bicyclic) bond motifs is 4. The normalized spacial score (nSPS) is 12.8. The van der Waals surface area contributed by atoms with Gasteiger partial charge in [0, 0.05) is 10.9 Å². The standard InChI is InChI=1S/C25H23N3O2/c1-15(2)24(25-26-19-9-5-6-10-20(19)27-25)28-22(29)13-17-14-30-21-12-11-16-7-3-4-8-18(16)23(17)21/h3-12,14-15,24H,13H2,1-2H3,(H,26,27)(H,28,29)/t24-/m0/s1. The Kier molecular flexibility index (Phi) is 4.51. The lowest BCUT2D eigenvalue weighted by molar-refractivity contribution is -0.121. The van der Waals surface area contributed by atoms with Gasteiger partial charge in [0.25, 0.3) is 0 Å². The van der Waals surface area contributed by atoms with Gasteiger partial charge >= 0.3 is 0 Å². The second-order valence-corrected chi connectivity index (χ2v) is 8.03. The number of rotatable bonds is 5. The van der Waals surface area contributed by atoms with Crippen molar-refractivity contribution in [3.63, 3.8) is 0 Å². The molecule has 30 heavy (non-hydrogen) atoms. The molecule has 1 amide bonds. The number of aromatic nitrogens is 2. The Morgan fingerprint density at radius 2 is 1.87 bits per heavy atom. The minimum Gasteiger partial charge on any atom is -0.464 e. The monoisotopic (exact) mass is 397 g/mol. The van der Waals surface area contributed by atoms with Crippen LogP contribution in [0.3, 0.4) is 0 Å².